The fourth-order valence-corrected chi connectivity index (χ4v) is 4.89. The highest BCUT2D eigenvalue weighted by molar-refractivity contribution is 8.04. The third kappa shape index (κ3) is 3.78. The molecular weight excluding hydrogens is 410 g/mol. The summed E-state index contributed by atoms with van der Waals surface area (Å²) in [6.45, 7) is 2.27. The topological polar surface area (TPSA) is 37.4 Å². The summed E-state index contributed by atoms with van der Waals surface area (Å²) < 4.78 is 0. The zero-order chi connectivity index (χ0) is 19.7. The molecule has 0 atom stereocenters. The molecule has 0 bridgehead atoms. The Morgan fingerprint density at radius 1 is 0.964 bits per heavy atom. The fraction of sp³-hybridized carbons (Fsp3) is 0.0909. The third-order valence-corrected chi connectivity index (χ3v) is 6.62. The van der Waals surface area contributed by atoms with Crippen LogP contribution in [0.5, 0.6) is 0 Å². The average molecular weight is 426 g/mol. The van der Waals surface area contributed by atoms with Crippen LogP contribution in [-0.4, -0.2) is 16.7 Å². The number of carbonyl (C=O) groups is 2. The number of hydrogen-bond donors (Lipinski definition) is 0. The van der Waals surface area contributed by atoms with Crippen molar-refractivity contribution in [2.24, 2.45) is 0 Å². The highest BCUT2D eigenvalue weighted by Crippen LogP contribution is 2.41. The van der Waals surface area contributed by atoms with Crippen LogP contribution < -0.4 is 0 Å². The van der Waals surface area contributed by atoms with Crippen molar-refractivity contribution >= 4 is 52.1 Å². The summed E-state index contributed by atoms with van der Waals surface area (Å²) in [5, 5.41) is 2.54. The van der Waals surface area contributed by atoms with Crippen molar-refractivity contribution in [2.75, 3.05) is 0 Å². The van der Waals surface area contributed by atoms with E-state index < -0.39 is 0 Å². The van der Waals surface area contributed by atoms with Gasteiger partial charge < -0.3 is 0 Å². The van der Waals surface area contributed by atoms with Gasteiger partial charge in [0.1, 0.15) is 0 Å². The second kappa shape index (κ2) is 7.95. The molecule has 2 heterocycles. The highest BCUT2D eigenvalue weighted by Gasteiger charge is 2.39. The van der Waals surface area contributed by atoms with Crippen molar-refractivity contribution in [3.8, 4) is 0 Å². The number of hydrogen-bond acceptors (Lipinski definition) is 4. The minimum atomic E-state index is -0.256. The molecule has 1 aromatic heterocycles. The first-order chi connectivity index (χ1) is 13.5. The van der Waals surface area contributed by atoms with Crippen molar-refractivity contribution in [3.05, 3.63) is 92.0 Å². The number of nitrogens with zero attached hydrogens (tertiary/aromatic N) is 1. The lowest BCUT2D eigenvalue weighted by Gasteiger charge is -2.15. The van der Waals surface area contributed by atoms with Gasteiger partial charge in [0.15, 0.2) is 0 Å². The van der Waals surface area contributed by atoms with Gasteiger partial charge >= 0.3 is 0 Å². The monoisotopic (exact) mass is 425 g/mol. The molecule has 28 heavy (non-hydrogen) atoms. The Morgan fingerprint density at radius 3 is 2.32 bits per heavy atom. The second-order valence-corrected chi connectivity index (χ2v) is 8.89. The van der Waals surface area contributed by atoms with Crippen LogP contribution >= 0.6 is 34.7 Å². The van der Waals surface area contributed by atoms with Gasteiger partial charge in [-0.3, -0.25) is 14.5 Å². The number of amides is 2. The number of thiophene rings is 1. The van der Waals surface area contributed by atoms with Crippen LogP contribution in [0.15, 0.2) is 75.8 Å². The van der Waals surface area contributed by atoms with Crippen molar-refractivity contribution in [1.29, 1.82) is 0 Å². The molecule has 6 heteroatoms. The molecule has 140 valence electrons. The molecule has 0 saturated carbocycles. The van der Waals surface area contributed by atoms with Crippen LogP contribution in [0.25, 0.3) is 5.57 Å². The predicted molar refractivity (Wildman–Crippen MR) is 115 cm³/mol. The van der Waals surface area contributed by atoms with E-state index >= 15 is 0 Å². The molecule has 2 aromatic carbocycles. The van der Waals surface area contributed by atoms with Gasteiger partial charge in [-0.15, -0.1) is 11.3 Å². The Kier molecular flexibility index (Phi) is 5.40. The average Bonchev–Trinajstić information content (AvgIpc) is 3.28. The van der Waals surface area contributed by atoms with E-state index in [-0.39, 0.29) is 18.4 Å². The summed E-state index contributed by atoms with van der Waals surface area (Å²) in [5.41, 5.74) is 2.54. The summed E-state index contributed by atoms with van der Waals surface area (Å²) in [5.74, 6) is -0.501. The quantitative estimate of drug-likeness (QED) is 0.486. The number of benzene rings is 2. The summed E-state index contributed by atoms with van der Waals surface area (Å²) in [6, 6.07) is 18.9. The van der Waals surface area contributed by atoms with Crippen LogP contribution in [0, 0.1) is 6.92 Å². The van der Waals surface area contributed by atoms with Gasteiger partial charge in [-0.2, -0.15) is 0 Å². The van der Waals surface area contributed by atoms with E-state index in [9.17, 15) is 9.59 Å². The molecule has 0 radical (unpaired) electrons. The fourth-order valence-electron chi connectivity index (χ4n) is 2.93. The summed E-state index contributed by atoms with van der Waals surface area (Å²) in [7, 11) is 0. The Labute approximate surface area is 176 Å². The largest absolute Gasteiger partial charge is 0.269 e. The normalized spacial score (nSPS) is 14.3. The van der Waals surface area contributed by atoms with Crippen molar-refractivity contribution in [1.82, 2.24) is 4.90 Å². The molecule has 1 aliphatic heterocycles. The van der Waals surface area contributed by atoms with Gasteiger partial charge in [-0.05, 0) is 48.2 Å². The molecule has 4 rings (SSSR count). The van der Waals surface area contributed by atoms with E-state index in [1.54, 1.807) is 12.1 Å². The third-order valence-electron chi connectivity index (χ3n) is 4.39. The van der Waals surface area contributed by atoms with Crippen LogP contribution in [0.3, 0.4) is 0 Å². The highest BCUT2D eigenvalue weighted by atomic mass is 35.5. The first-order valence-electron chi connectivity index (χ1n) is 8.66. The van der Waals surface area contributed by atoms with Crippen LogP contribution in [0.4, 0.5) is 0 Å². The molecule has 0 N–H and O–H groups in total. The molecule has 3 aromatic rings. The van der Waals surface area contributed by atoms with Crippen LogP contribution in [0.2, 0.25) is 5.02 Å². The van der Waals surface area contributed by atoms with Crippen molar-refractivity contribution in [3.63, 3.8) is 0 Å². The van der Waals surface area contributed by atoms with Crippen molar-refractivity contribution < 1.29 is 9.59 Å². The maximum atomic E-state index is 13.2. The second-order valence-electron chi connectivity index (χ2n) is 6.42. The van der Waals surface area contributed by atoms with E-state index in [2.05, 4.69) is 0 Å². The van der Waals surface area contributed by atoms with Gasteiger partial charge in [0.05, 0.1) is 17.0 Å². The van der Waals surface area contributed by atoms with E-state index in [4.69, 9.17) is 11.6 Å². The van der Waals surface area contributed by atoms with Crippen LogP contribution in [-0.2, 0) is 16.1 Å². The molecule has 0 aliphatic carbocycles. The minimum Gasteiger partial charge on any atom is -0.269 e. The number of imide groups is 1. The minimum absolute atomic E-state index is 0.246. The standard InChI is InChI=1S/C22H16ClNO2S2/c1-14-4-6-15(7-5-14)13-24-21(25)19(18-3-2-12-27-18)20(22(24)26)28-17-10-8-16(23)9-11-17/h2-12H,13H2,1H3. The van der Waals surface area contributed by atoms with E-state index in [1.807, 2.05) is 60.8 Å². The lowest BCUT2D eigenvalue weighted by Crippen LogP contribution is -2.30. The van der Waals surface area contributed by atoms with Crippen LogP contribution in [0.1, 0.15) is 16.0 Å². The maximum Gasteiger partial charge on any atom is 0.268 e. The van der Waals surface area contributed by atoms with Gasteiger partial charge in [0, 0.05) is 14.8 Å². The van der Waals surface area contributed by atoms with Gasteiger partial charge in [-0.25, -0.2) is 0 Å². The summed E-state index contributed by atoms with van der Waals surface area (Å²) in [6.07, 6.45) is 0. The Bertz CT molecular complexity index is 1050. The number of halogens is 1. The Morgan fingerprint density at radius 2 is 1.68 bits per heavy atom. The lowest BCUT2D eigenvalue weighted by molar-refractivity contribution is -0.137. The Hall–Kier alpha value is -2.34. The number of thioether (sulfide) groups is 1. The van der Waals surface area contributed by atoms with Gasteiger partial charge in [-0.1, -0.05) is 59.3 Å². The molecule has 0 fully saturated rings. The molecule has 2 amide bonds. The number of rotatable bonds is 5. The zero-order valence-corrected chi connectivity index (χ0v) is 17.4. The maximum absolute atomic E-state index is 13.2. The lowest BCUT2D eigenvalue weighted by atomic mass is 10.1. The van der Waals surface area contributed by atoms with E-state index in [0.29, 0.717) is 15.5 Å². The molecular formula is C22H16ClNO2S2. The zero-order valence-electron chi connectivity index (χ0n) is 15.0. The molecule has 0 unspecified atom stereocenters. The Balaban J connectivity index is 1.69. The van der Waals surface area contributed by atoms with E-state index in [1.165, 1.54) is 28.0 Å². The summed E-state index contributed by atoms with van der Waals surface area (Å²) >= 11 is 8.74. The molecule has 0 spiro atoms. The molecule has 3 nitrogen and oxygen atoms in total. The van der Waals surface area contributed by atoms with Gasteiger partial charge in [0.25, 0.3) is 11.8 Å². The van der Waals surface area contributed by atoms with Gasteiger partial charge in [0.2, 0.25) is 0 Å². The SMILES string of the molecule is Cc1ccc(CN2C(=O)C(Sc3ccc(Cl)cc3)=C(c3cccs3)C2=O)cc1. The first-order valence-corrected chi connectivity index (χ1v) is 10.7. The smallest absolute Gasteiger partial charge is 0.268 e. The molecule has 0 saturated heterocycles. The number of aryl methyl sites for hydroxylation is 1. The summed E-state index contributed by atoms with van der Waals surface area (Å²) in [4.78, 5) is 29.8. The predicted octanol–water partition coefficient (Wildman–Crippen LogP) is 5.78. The van der Waals surface area contributed by atoms with Crippen molar-refractivity contribution in [2.45, 2.75) is 18.4 Å². The number of carbonyl (C=O) groups excluding carboxylic acids is 2. The molecule has 1 aliphatic rings. The first kappa shape index (κ1) is 19.0. The van der Waals surface area contributed by atoms with E-state index in [0.717, 1.165) is 20.9 Å².